The highest BCUT2D eigenvalue weighted by Crippen LogP contribution is 2.33. The Morgan fingerprint density at radius 1 is 1.60 bits per heavy atom. The van der Waals surface area contributed by atoms with Crippen molar-refractivity contribution in [1.82, 2.24) is 0 Å². The van der Waals surface area contributed by atoms with Gasteiger partial charge in [0.15, 0.2) is 0 Å². The van der Waals surface area contributed by atoms with E-state index in [4.69, 9.17) is 20.6 Å². The van der Waals surface area contributed by atoms with Gasteiger partial charge in [-0.05, 0) is 11.6 Å². The molecule has 0 fully saturated rings. The van der Waals surface area contributed by atoms with E-state index >= 15 is 0 Å². The summed E-state index contributed by atoms with van der Waals surface area (Å²) in [7, 11) is 1.61. The summed E-state index contributed by atoms with van der Waals surface area (Å²) < 4.78 is 10.7. The van der Waals surface area contributed by atoms with Gasteiger partial charge in [0.1, 0.15) is 11.5 Å². The van der Waals surface area contributed by atoms with E-state index in [0.29, 0.717) is 6.42 Å². The topological polar surface area (TPSA) is 68.3 Å². The van der Waals surface area contributed by atoms with Crippen LogP contribution in [0.5, 0.6) is 11.5 Å². The van der Waals surface area contributed by atoms with Crippen LogP contribution >= 0.6 is 0 Å². The molecule has 1 aliphatic heterocycles. The van der Waals surface area contributed by atoms with E-state index in [1.807, 2.05) is 12.1 Å². The molecule has 2 rings (SSSR count). The number of nitrogens with one attached hydrogen (secondary N) is 1. The molecule has 0 atom stereocenters. The zero-order chi connectivity index (χ0) is 10.8. The summed E-state index contributed by atoms with van der Waals surface area (Å²) in [5.74, 6) is 1.78. The molecule has 15 heavy (non-hydrogen) atoms. The van der Waals surface area contributed by atoms with Crippen molar-refractivity contribution in [3.05, 3.63) is 23.3 Å². The van der Waals surface area contributed by atoms with Gasteiger partial charge < -0.3 is 15.2 Å². The Morgan fingerprint density at radius 3 is 3.07 bits per heavy atom. The average molecular weight is 206 g/mol. The van der Waals surface area contributed by atoms with Gasteiger partial charge in [-0.15, -0.1) is 0 Å². The first-order valence-electron chi connectivity index (χ1n) is 4.86. The Hall–Kier alpha value is -1.71. The van der Waals surface area contributed by atoms with Gasteiger partial charge in [0.05, 0.1) is 19.6 Å². The van der Waals surface area contributed by atoms with Gasteiger partial charge in [0.25, 0.3) is 0 Å². The van der Waals surface area contributed by atoms with Crippen molar-refractivity contribution >= 4 is 5.84 Å². The first kappa shape index (κ1) is 9.83. The third-order valence-corrected chi connectivity index (χ3v) is 2.47. The summed E-state index contributed by atoms with van der Waals surface area (Å²) in [5.41, 5.74) is 7.52. The van der Waals surface area contributed by atoms with Crippen molar-refractivity contribution in [3.8, 4) is 11.5 Å². The highest BCUT2D eigenvalue weighted by atomic mass is 16.5. The Kier molecular flexibility index (Phi) is 2.49. The lowest BCUT2D eigenvalue weighted by atomic mass is 10.0. The molecule has 0 saturated carbocycles. The van der Waals surface area contributed by atoms with Crippen LogP contribution in [-0.2, 0) is 12.8 Å². The van der Waals surface area contributed by atoms with E-state index in [9.17, 15) is 0 Å². The number of fused-ring (bicyclic) bond motifs is 1. The smallest absolute Gasteiger partial charge is 0.126 e. The second-order valence-corrected chi connectivity index (χ2v) is 3.57. The lowest BCUT2D eigenvalue weighted by Crippen LogP contribution is -2.13. The summed E-state index contributed by atoms with van der Waals surface area (Å²) >= 11 is 0. The summed E-state index contributed by atoms with van der Waals surface area (Å²) in [4.78, 5) is 0. The van der Waals surface area contributed by atoms with Crippen LogP contribution in [0.2, 0.25) is 0 Å². The van der Waals surface area contributed by atoms with Crippen molar-refractivity contribution < 1.29 is 9.47 Å². The van der Waals surface area contributed by atoms with Crippen LogP contribution in [0.1, 0.15) is 11.1 Å². The maximum absolute atomic E-state index is 7.29. The van der Waals surface area contributed by atoms with Crippen LogP contribution in [0.3, 0.4) is 0 Å². The zero-order valence-corrected chi connectivity index (χ0v) is 8.67. The first-order chi connectivity index (χ1) is 7.20. The molecular weight excluding hydrogens is 192 g/mol. The number of methoxy groups -OCH3 is 1. The fraction of sp³-hybridized carbons (Fsp3) is 0.364. The molecule has 0 amide bonds. The zero-order valence-electron chi connectivity index (χ0n) is 8.67. The lowest BCUT2D eigenvalue weighted by Gasteiger charge is -2.10. The molecule has 80 valence electrons. The van der Waals surface area contributed by atoms with E-state index in [2.05, 4.69) is 0 Å². The van der Waals surface area contributed by atoms with E-state index < -0.39 is 0 Å². The predicted octanol–water partition coefficient (Wildman–Crippen LogP) is 1.11. The van der Waals surface area contributed by atoms with Gasteiger partial charge >= 0.3 is 0 Å². The minimum absolute atomic E-state index is 0.146. The molecule has 1 aromatic rings. The SMILES string of the molecule is COc1cc2c(cc1CC(=N)N)CCO2. The maximum Gasteiger partial charge on any atom is 0.126 e. The van der Waals surface area contributed by atoms with Crippen LogP contribution < -0.4 is 15.2 Å². The van der Waals surface area contributed by atoms with Gasteiger partial charge in [-0.1, -0.05) is 0 Å². The van der Waals surface area contributed by atoms with Crippen molar-refractivity contribution in [2.45, 2.75) is 12.8 Å². The van der Waals surface area contributed by atoms with Gasteiger partial charge in [-0.2, -0.15) is 0 Å². The van der Waals surface area contributed by atoms with Gasteiger partial charge in [-0.3, -0.25) is 5.41 Å². The van der Waals surface area contributed by atoms with Crippen molar-refractivity contribution in [3.63, 3.8) is 0 Å². The molecule has 3 N–H and O–H groups in total. The van der Waals surface area contributed by atoms with Crippen LogP contribution in [0.15, 0.2) is 12.1 Å². The molecule has 0 spiro atoms. The molecule has 0 radical (unpaired) electrons. The summed E-state index contributed by atoms with van der Waals surface area (Å²) in [5, 5.41) is 7.29. The van der Waals surface area contributed by atoms with Crippen LogP contribution in [0.4, 0.5) is 0 Å². The highest BCUT2D eigenvalue weighted by molar-refractivity contribution is 5.80. The third kappa shape index (κ3) is 1.88. The van der Waals surface area contributed by atoms with Gasteiger partial charge in [-0.25, -0.2) is 0 Å². The van der Waals surface area contributed by atoms with Crippen molar-refractivity contribution in [2.24, 2.45) is 5.73 Å². The standard InChI is InChI=1S/C11H14N2O2/c1-14-9-6-10-7(2-3-15-10)4-8(9)5-11(12)13/h4,6H,2-3,5H2,1H3,(H3,12,13). The maximum atomic E-state index is 7.29. The van der Waals surface area contributed by atoms with Gasteiger partial charge in [0.2, 0.25) is 0 Å². The number of benzene rings is 1. The molecule has 4 heteroatoms. The number of rotatable bonds is 3. The molecule has 1 aliphatic rings. The number of ether oxygens (including phenoxy) is 2. The van der Waals surface area contributed by atoms with E-state index in [1.165, 1.54) is 5.56 Å². The second kappa shape index (κ2) is 3.81. The fourth-order valence-corrected chi connectivity index (χ4v) is 1.79. The summed E-state index contributed by atoms with van der Waals surface area (Å²) in [6.07, 6.45) is 1.35. The number of hydrogen-bond donors (Lipinski definition) is 2. The Labute approximate surface area is 88.5 Å². The molecule has 0 bridgehead atoms. The number of hydrogen-bond acceptors (Lipinski definition) is 3. The quantitative estimate of drug-likeness (QED) is 0.575. The van der Waals surface area contributed by atoms with E-state index in [1.54, 1.807) is 7.11 Å². The largest absolute Gasteiger partial charge is 0.496 e. The third-order valence-electron chi connectivity index (χ3n) is 2.47. The first-order valence-corrected chi connectivity index (χ1v) is 4.86. The van der Waals surface area contributed by atoms with Crippen LogP contribution in [-0.4, -0.2) is 19.6 Å². The Bertz CT molecular complexity index is 402. The van der Waals surface area contributed by atoms with E-state index in [-0.39, 0.29) is 5.84 Å². The van der Waals surface area contributed by atoms with E-state index in [0.717, 1.165) is 30.1 Å². The minimum atomic E-state index is 0.146. The minimum Gasteiger partial charge on any atom is -0.496 e. The Balaban J connectivity index is 2.39. The monoisotopic (exact) mass is 206 g/mol. The molecule has 1 heterocycles. The second-order valence-electron chi connectivity index (χ2n) is 3.57. The molecule has 4 nitrogen and oxygen atoms in total. The average Bonchev–Trinajstić information content (AvgIpc) is 2.62. The predicted molar refractivity (Wildman–Crippen MR) is 57.8 cm³/mol. The molecular formula is C11H14N2O2. The summed E-state index contributed by atoms with van der Waals surface area (Å²) in [6.45, 7) is 0.724. The normalized spacial score (nSPS) is 13.1. The lowest BCUT2D eigenvalue weighted by molar-refractivity contribution is 0.352. The van der Waals surface area contributed by atoms with Crippen LogP contribution in [0, 0.1) is 5.41 Å². The number of amidine groups is 1. The molecule has 0 saturated heterocycles. The summed E-state index contributed by atoms with van der Waals surface area (Å²) in [6, 6.07) is 3.89. The van der Waals surface area contributed by atoms with Gasteiger partial charge in [0, 0.05) is 24.5 Å². The molecule has 0 unspecified atom stereocenters. The molecule has 0 aromatic heterocycles. The van der Waals surface area contributed by atoms with Crippen molar-refractivity contribution in [1.29, 1.82) is 5.41 Å². The van der Waals surface area contributed by atoms with Crippen molar-refractivity contribution in [2.75, 3.05) is 13.7 Å². The van der Waals surface area contributed by atoms with Crippen LogP contribution in [0.25, 0.3) is 0 Å². The molecule has 0 aliphatic carbocycles. The molecule has 1 aromatic carbocycles. The highest BCUT2D eigenvalue weighted by Gasteiger charge is 2.16. The number of nitrogens with two attached hydrogens (primary N) is 1. The Morgan fingerprint density at radius 2 is 2.40 bits per heavy atom. The fourth-order valence-electron chi connectivity index (χ4n) is 1.79.